The first kappa shape index (κ1) is 16.1. The summed E-state index contributed by atoms with van der Waals surface area (Å²) in [5.41, 5.74) is 0. The van der Waals surface area contributed by atoms with Crippen LogP contribution in [0.5, 0.6) is 0 Å². The second-order valence-corrected chi connectivity index (χ2v) is 3.94. The molecule has 0 unspecified atom stereocenters. The average molecular weight is 287 g/mol. The highest BCUT2D eigenvalue weighted by atomic mass is 16.5. The average Bonchev–Trinajstić information content (AvgIpc) is 2.50. The maximum Gasteiger partial charge on any atom is 0.331 e. The number of aliphatic hydroxyl groups is 1. The number of aliphatic hydroxyl groups excluding tert-OH is 1. The molecule has 1 N–H and O–H groups in total. The van der Waals surface area contributed by atoms with Crippen LogP contribution in [0.4, 0.5) is 0 Å². The summed E-state index contributed by atoms with van der Waals surface area (Å²) in [6.07, 6.45) is 0.319. The standard InChI is InChI=1S/C12H17NO7/c1-18-10(15)2-3-11(16)20-8-9(14)12(17)13-4-6-19-7-5-13/h2-3,9,14H,4-8H2,1H3/b3-2+/t9-/m0/s1. The largest absolute Gasteiger partial charge is 0.466 e. The van der Waals surface area contributed by atoms with Crippen LogP contribution in [-0.2, 0) is 28.6 Å². The van der Waals surface area contributed by atoms with E-state index in [1.54, 1.807) is 0 Å². The van der Waals surface area contributed by atoms with E-state index in [-0.39, 0.29) is 0 Å². The number of ether oxygens (including phenoxy) is 3. The maximum atomic E-state index is 11.8. The first-order valence-corrected chi connectivity index (χ1v) is 6.02. The predicted molar refractivity (Wildman–Crippen MR) is 65.5 cm³/mol. The van der Waals surface area contributed by atoms with Crippen molar-refractivity contribution in [2.45, 2.75) is 6.10 Å². The van der Waals surface area contributed by atoms with Gasteiger partial charge in [-0.15, -0.1) is 0 Å². The van der Waals surface area contributed by atoms with Gasteiger partial charge >= 0.3 is 11.9 Å². The third kappa shape index (κ3) is 5.37. The van der Waals surface area contributed by atoms with Crippen molar-refractivity contribution in [3.8, 4) is 0 Å². The fourth-order valence-corrected chi connectivity index (χ4v) is 1.48. The Hall–Kier alpha value is -1.93. The van der Waals surface area contributed by atoms with E-state index in [2.05, 4.69) is 9.47 Å². The molecule has 0 aromatic rings. The molecule has 0 spiro atoms. The van der Waals surface area contributed by atoms with Crippen LogP contribution in [0, 0.1) is 0 Å². The molecule has 112 valence electrons. The van der Waals surface area contributed by atoms with Crippen LogP contribution in [-0.4, -0.2) is 74.0 Å². The first-order valence-electron chi connectivity index (χ1n) is 6.02. The summed E-state index contributed by atoms with van der Waals surface area (Å²) in [6.45, 7) is 1.15. The van der Waals surface area contributed by atoms with Gasteiger partial charge in [-0.25, -0.2) is 9.59 Å². The second kappa shape index (κ2) is 8.28. The van der Waals surface area contributed by atoms with Crippen molar-refractivity contribution < 1.29 is 33.7 Å². The number of rotatable bonds is 5. The first-order chi connectivity index (χ1) is 9.54. The quantitative estimate of drug-likeness (QED) is 0.484. The summed E-state index contributed by atoms with van der Waals surface area (Å²) in [7, 11) is 1.17. The summed E-state index contributed by atoms with van der Waals surface area (Å²) in [4.78, 5) is 35.1. The predicted octanol–water partition coefficient (Wildman–Crippen LogP) is -1.52. The Bertz CT molecular complexity index is 387. The number of hydrogen-bond donors (Lipinski definition) is 1. The Morgan fingerprint density at radius 1 is 1.25 bits per heavy atom. The van der Waals surface area contributed by atoms with Crippen LogP contribution in [0.25, 0.3) is 0 Å². The molecule has 1 rings (SSSR count). The highest BCUT2D eigenvalue weighted by Gasteiger charge is 2.24. The van der Waals surface area contributed by atoms with Crippen molar-refractivity contribution in [3.05, 3.63) is 12.2 Å². The zero-order chi connectivity index (χ0) is 15.0. The topological polar surface area (TPSA) is 102 Å². The molecule has 8 nitrogen and oxygen atoms in total. The van der Waals surface area contributed by atoms with Crippen molar-refractivity contribution in [1.29, 1.82) is 0 Å². The lowest BCUT2D eigenvalue weighted by molar-refractivity contribution is -0.152. The molecule has 1 amide bonds. The monoisotopic (exact) mass is 287 g/mol. The summed E-state index contributed by atoms with van der Waals surface area (Å²) >= 11 is 0. The van der Waals surface area contributed by atoms with Gasteiger partial charge in [0.25, 0.3) is 5.91 Å². The van der Waals surface area contributed by atoms with Crippen LogP contribution in [0.1, 0.15) is 0 Å². The molecule has 0 saturated carbocycles. The van der Waals surface area contributed by atoms with Crippen molar-refractivity contribution in [1.82, 2.24) is 4.90 Å². The Balaban J connectivity index is 2.32. The van der Waals surface area contributed by atoms with E-state index in [9.17, 15) is 19.5 Å². The van der Waals surface area contributed by atoms with E-state index in [4.69, 9.17) is 4.74 Å². The number of methoxy groups -OCH3 is 1. The Labute approximate surface area is 115 Å². The zero-order valence-corrected chi connectivity index (χ0v) is 11.1. The van der Waals surface area contributed by atoms with Gasteiger partial charge in [0.2, 0.25) is 0 Å². The fraction of sp³-hybridized carbons (Fsp3) is 0.583. The van der Waals surface area contributed by atoms with Crippen molar-refractivity contribution >= 4 is 17.8 Å². The number of carbonyl (C=O) groups excluding carboxylic acids is 3. The van der Waals surface area contributed by atoms with Gasteiger partial charge in [-0.1, -0.05) is 0 Å². The van der Waals surface area contributed by atoms with Gasteiger partial charge in [-0.3, -0.25) is 4.79 Å². The number of hydrogen-bond acceptors (Lipinski definition) is 7. The van der Waals surface area contributed by atoms with E-state index in [0.717, 1.165) is 12.2 Å². The smallest absolute Gasteiger partial charge is 0.331 e. The Morgan fingerprint density at radius 3 is 2.45 bits per heavy atom. The lowest BCUT2D eigenvalue weighted by atomic mass is 10.3. The Kier molecular flexibility index (Phi) is 6.68. The van der Waals surface area contributed by atoms with E-state index in [1.165, 1.54) is 12.0 Å². The molecule has 1 heterocycles. The minimum absolute atomic E-state index is 0.395. The number of esters is 2. The molecular formula is C12H17NO7. The third-order valence-electron chi connectivity index (χ3n) is 2.55. The Morgan fingerprint density at radius 2 is 1.85 bits per heavy atom. The molecule has 0 aromatic carbocycles. The van der Waals surface area contributed by atoms with E-state index in [1.807, 2.05) is 0 Å². The number of nitrogens with zero attached hydrogens (tertiary/aromatic N) is 1. The molecule has 1 aliphatic rings. The van der Waals surface area contributed by atoms with Gasteiger partial charge in [0.15, 0.2) is 6.10 Å². The highest BCUT2D eigenvalue weighted by Crippen LogP contribution is 2.01. The minimum atomic E-state index is -1.43. The van der Waals surface area contributed by atoms with Crippen LogP contribution >= 0.6 is 0 Å². The number of amides is 1. The molecule has 0 aliphatic carbocycles. The summed E-state index contributed by atoms with van der Waals surface area (Å²) in [6, 6.07) is 0. The second-order valence-electron chi connectivity index (χ2n) is 3.94. The van der Waals surface area contributed by atoms with Crippen LogP contribution in [0.15, 0.2) is 12.2 Å². The third-order valence-corrected chi connectivity index (χ3v) is 2.55. The van der Waals surface area contributed by atoms with Crippen LogP contribution < -0.4 is 0 Å². The summed E-state index contributed by atoms with van der Waals surface area (Å²) in [5.74, 6) is -2.06. The van der Waals surface area contributed by atoms with Gasteiger partial charge in [-0.05, 0) is 0 Å². The minimum Gasteiger partial charge on any atom is -0.466 e. The molecular weight excluding hydrogens is 270 g/mol. The lowest BCUT2D eigenvalue weighted by Crippen LogP contribution is -2.47. The number of carbonyl (C=O) groups is 3. The van der Waals surface area contributed by atoms with Gasteiger partial charge in [0.05, 0.1) is 20.3 Å². The normalized spacial score (nSPS) is 16.8. The highest BCUT2D eigenvalue weighted by molar-refractivity contribution is 5.91. The van der Waals surface area contributed by atoms with E-state index in [0.29, 0.717) is 26.3 Å². The molecule has 1 atom stereocenters. The summed E-state index contributed by atoms with van der Waals surface area (Å²) < 4.78 is 14.0. The maximum absolute atomic E-state index is 11.8. The van der Waals surface area contributed by atoms with Crippen LogP contribution in [0.2, 0.25) is 0 Å². The van der Waals surface area contributed by atoms with Crippen molar-refractivity contribution in [2.24, 2.45) is 0 Å². The molecule has 1 saturated heterocycles. The SMILES string of the molecule is COC(=O)/C=C/C(=O)OC[C@H](O)C(=O)N1CCOCC1. The van der Waals surface area contributed by atoms with Gasteiger partial charge in [0.1, 0.15) is 6.61 Å². The fourth-order valence-electron chi connectivity index (χ4n) is 1.48. The van der Waals surface area contributed by atoms with Crippen molar-refractivity contribution in [2.75, 3.05) is 40.0 Å². The molecule has 8 heteroatoms. The molecule has 0 aromatic heterocycles. The summed E-state index contributed by atoms with van der Waals surface area (Å²) in [5, 5.41) is 9.62. The van der Waals surface area contributed by atoms with Gasteiger partial charge in [0, 0.05) is 25.2 Å². The van der Waals surface area contributed by atoms with Crippen molar-refractivity contribution in [3.63, 3.8) is 0 Å². The molecule has 0 radical (unpaired) electrons. The molecule has 20 heavy (non-hydrogen) atoms. The number of morpholine rings is 1. The van der Waals surface area contributed by atoms with E-state index < -0.39 is 30.6 Å². The zero-order valence-electron chi connectivity index (χ0n) is 11.1. The van der Waals surface area contributed by atoms with Crippen LogP contribution in [0.3, 0.4) is 0 Å². The van der Waals surface area contributed by atoms with Gasteiger partial charge in [-0.2, -0.15) is 0 Å². The molecule has 0 bridgehead atoms. The lowest BCUT2D eigenvalue weighted by Gasteiger charge is -2.28. The van der Waals surface area contributed by atoms with E-state index >= 15 is 0 Å². The molecule has 1 fully saturated rings. The molecule has 1 aliphatic heterocycles. The van der Waals surface area contributed by atoms with Gasteiger partial charge < -0.3 is 24.2 Å².